The van der Waals surface area contributed by atoms with Crippen molar-refractivity contribution in [2.24, 2.45) is 0 Å². The van der Waals surface area contributed by atoms with Crippen LogP contribution in [0.25, 0.3) is 0 Å². The van der Waals surface area contributed by atoms with E-state index in [4.69, 9.17) is 27.6 Å². The summed E-state index contributed by atoms with van der Waals surface area (Å²) in [6, 6.07) is 5.34. The van der Waals surface area contributed by atoms with Crippen LogP contribution in [0.3, 0.4) is 0 Å². The number of aryl methyl sites for hydroxylation is 2. The van der Waals surface area contributed by atoms with Gasteiger partial charge in [-0.3, -0.25) is 4.79 Å². The summed E-state index contributed by atoms with van der Waals surface area (Å²) < 4.78 is 5.37. The molecule has 0 aliphatic heterocycles. The summed E-state index contributed by atoms with van der Waals surface area (Å²) in [6.45, 7) is 4.09. The maximum absolute atomic E-state index is 11.9. The van der Waals surface area contributed by atoms with E-state index in [0.29, 0.717) is 34.7 Å². The Bertz CT molecular complexity index is 653. The van der Waals surface area contributed by atoms with Gasteiger partial charge in [0.05, 0.1) is 12.1 Å². The zero-order chi connectivity index (χ0) is 15.4. The van der Waals surface area contributed by atoms with E-state index in [2.05, 4.69) is 10.3 Å². The van der Waals surface area contributed by atoms with Crippen molar-refractivity contribution in [3.8, 4) is 0 Å². The molecule has 0 atom stereocenters. The van der Waals surface area contributed by atoms with Crippen LogP contribution in [0.5, 0.6) is 0 Å². The molecule has 0 aliphatic carbocycles. The lowest BCUT2D eigenvalue weighted by atomic mass is 10.1. The van der Waals surface area contributed by atoms with Gasteiger partial charge in [-0.2, -0.15) is 0 Å². The number of halogens is 2. The highest BCUT2D eigenvalue weighted by atomic mass is 35.5. The minimum atomic E-state index is -0.0978. The molecule has 0 saturated heterocycles. The fraction of sp³-hybridized carbons (Fsp3) is 0.333. The van der Waals surface area contributed by atoms with Crippen LogP contribution in [0.1, 0.15) is 22.9 Å². The number of hydrogen-bond donors (Lipinski definition) is 1. The summed E-state index contributed by atoms with van der Waals surface area (Å²) in [5.41, 5.74) is 1.71. The van der Waals surface area contributed by atoms with Gasteiger partial charge in [-0.15, -0.1) is 0 Å². The Balaban J connectivity index is 1.83. The number of amides is 1. The third kappa shape index (κ3) is 4.48. The Morgan fingerprint density at radius 1 is 1.33 bits per heavy atom. The van der Waals surface area contributed by atoms with Gasteiger partial charge in [0, 0.05) is 23.5 Å². The van der Waals surface area contributed by atoms with E-state index >= 15 is 0 Å². The van der Waals surface area contributed by atoms with E-state index in [1.165, 1.54) is 0 Å². The Morgan fingerprint density at radius 3 is 2.71 bits per heavy atom. The Morgan fingerprint density at radius 2 is 2.10 bits per heavy atom. The van der Waals surface area contributed by atoms with Crippen molar-refractivity contribution >= 4 is 29.1 Å². The second-order valence-corrected chi connectivity index (χ2v) is 5.60. The first-order chi connectivity index (χ1) is 9.95. The SMILES string of the molecule is Cc1nc(C)c(CC(=O)NCCc2ccc(Cl)cc2Cl)o1. The largest absolute Gasteiger partial charge is 0.445 e. The van der Waals surface area contributed by atoms with Crippen molar-refractivity contribution in [1.29, 1.82) is 0 Å². The van der Waals surface area contributed by atoms with Gasteiger partial charge in [-0.25, -0.2) is 4.98 Å². The fourth-order valence-corrected chi connectivity index (χ4v) is 2.51. The maximum atomic E-state index is 11.9. The predicted octanol–water partition coefficient (Wildman–Crippen LogP) is 3.50. The van der Waals surface area contributed by atoms with Gasteiger partial charge >= 0.3 is 0 Å². The van der Waals surface area contributed by atoms with Crippen LogP contribution in [0, 0.1) is 13.8 Å². The van der Waals surface area contributed by atoms with Crippen LogP contribution in [0.15, 0.2) is 22.6 Å². The van der Waals surface area contributed by atoms with Crippen molar-refractivity contribution in [2.75, 3.05) is 6.54 Å². The third-order valence-electron chi connectivity index (χ3n) is 3.05. The van der Waals surface area contributed by atoms with Gasteiger partial charge in [-0.1, -0.05) is 29.3 Å². The first-order valence-electron chi connectivity index (χ1n) is 6.59. The molecule has 0 spiro atoms. The van der Waals surface area contributed by atoms with Crippen LogP contribution < -0.4 is 5.32 Å². The van der Waals surface area contributed by atoms with E-state index in [0.717, 1.165) is 11.3 Å². The molecule has 21 heavy (non-hydrogen) atoms. The quantitative estimate of drug-likeness (QED) is 0.914. The monoisotopic (exact) mass is 326 g/mol. The number of carbonyl (C=O) groups is 1. The maximum Gasteiger partial charge on any atom is 0.227 e. The molecule has 0 unspecified atom stereocenters. The smallest absolute Gasteiger partial charge is 0.227 e. The lowest BCUT2D eigenvalue weighted by molar-refractivity contribution is -0.120. The summed E-state index contributed by atoms with van der Waals surface area (Å²) >= 11 is 11.9. The number of hydrogen-bond acceptors (Lipinski definition) is 3. The zero-order valence-electron chi connectivity index (χ0n) is 11.9. The lowest BCUT2D eigenvalue weighted by Gasteiger charge is -2.06. The second-order valence-electron chi connectivity index (χ2n) is 4.75. The molecule has 2 rings (SSSR count). The standard InChI is InChI=1S/C15H16Cl2N2O2/c1-9-14(21-10(2)19-9)8-15(20)18-6-5-11-3-4-12(16)7-13(11)17/h3-4,7H,5-6,8H2,1-2H3,(H,18,20). The molecule has 1 amide bonds. The molecule has 0 radical (unpaired) electrons. The van der Waals surface area contributed by atoms with Crippen molar-refractivity contribution < 1.29 is 9.21 Å². The van der Waals surface area contributed by atoms with E-state index in [-0.39, 0.29) is 12.3 Å². The number of rotatable bonds is 5. The zero-order valence-corrected chi connectivity index (χ0v) is 13.4. The molecular weight excluding hydrogens is 311 g/mol. The first kappa shape index (κ1) is 15.9. The molecule has 1 aromatic carbocycles. The van der Waals surface area contributed by atoms with Gasteiger partial charge in [-0.05, 0) is 31.0 Å². The number of benzene rings is 1. The molecule has 1 N–H and O–H groups in total. The molecule has 0 bridgehead atoms. The van der Waals surface area contributed by atoms with Crippen LogP contribution >= 0.6 is 23.2 Å². The highest BCUT2D eigenvalue weighted by Crippen LogP contribution is 2.21. The predicted molar refractivity (Wildman–Crippen MR) is 82.9 cm³/mol. The van der Waals surface area contributed by atoms with Crippen molar-refractivity contribution in [3.05, 3.63) is 51.2 Å². The van der Waals surface area contributed by atoms with E-state index in [9.17, 15) is 4.79 Å². The van der Waals surface area contributed by atoms with Gasteiger partial charge < -0.3 is 9.73 Å². The van der Waals surface area contributed by atoms with Crippen molar-refractivity contribution in [1.82, 2.24) is 10.3 Å². The van der Waals surface area contributed by atoms with Crippen molar-refractivity contribution in [3.63, 3.8) is 0 Å². The average Bonchev–Trinajstić information content (AvgIpc) is 2.70. The lowest BCUT2D eigenvalue weighted by Crippen LogP contribution is -2.27. The van der Waals surface area contributed by atoms with Gasteiger partial charge in [0.25, 0.3) is 0 Å². The number of nitrogens with one attached hydrogen (secondary N) is 1. The van der Waals surface area contributed by atoms with Gasteiger partial charge in [0.1, 0.15) is 5.76 Å². The van der Waals surface area contributed by atoms with Gasteiger partial charge in [0.15, 0.2) is 5.89 Å². The average molecular weight is 327 g/mol. The summed E-state index contributed by atoms with van der Waals surface area (Å²) in [6.07, 6.45) is 0.844. The van der Waals surface area contributed by atoms with E-state index in [1.54, 1.807) is 19.1 Å². The molecule has 0 saturated carbocycles. The van der Waals surface area contributed by atoms with Crippen LogP contribution in [-0.2, 0) is 17.6 Å². The molecule has 1 heterocycles. The van der Waals surface area contributed by atoms with Crippen LogP contribution in [-0.4, -0.2) is 17.4 Å². The van der Waals surface area contributed by atoms with E-state index < -0.39 is 0 Å². The summed E-state index contributed by atoms with van der Waals surface area (Å²) in [7, 11) is 0. The Kier molecular flexibility index (Phi) is 5.26. The minimum absolute atomic E-state index is 0.0978. The minimum Gasteiger partial charge on any atom is -0.445 e. The molecule has 0 fully saturated rings. The second kappa shape index (κ2) is 6.96. The highest BCUT2D eigenvalue weighted by molar-refractivity contribution is 6.35. The molecular formula is C15H16Cl2N2O2. The molecule has 2 aromatic rings. The van der Waals surface area contributed by atoms with Crippen LogP contribution in [0.2, 0.25) is 10.0 Å². The highest BCUT2D eigenvalue weighted by Gasteiger charge is 2.11. The van der Waals surface area contributed by atoms with Gasteiger partial charge in [0.2, 0.25) is 5.91 Å². The number of nitrogens with zero attached hydrogens (tertiary/aromatic N) is 1. The fourth-order valence-electron chi connectivity index (χ4n) is 2.01. The molecule has 112 valence electrons. The molecule has 1 aromatic heterocycles. The molecule has 0 aliphatic rings. The topological polar surface area (TPSA) is 55.1 Å². The number of oxazole rings is 1. The first-order valence-corrected chi connectivity index (χ1v) is 7.35. The van der Waals surface area contributed by atoms with E-state index in [1.807, 2.05) is 13.0 Å². The van der Waals surface area contributed by atoms with Crippen LogP contribution in [0.4, 0.5) is 0 Å². The Hall–Kier alpha value is -1.52. The number of carbonyl (C=O) groups excluding carboxylic acids is 1. The third-order valence-corrected chi connectivity index (χ3v) is 3.64. The molecule has 4 nitrogen and oxygen atoms in total. The molecule has 6 heteroatoms. The summed E-state index contributed by atoms with van der Waals surface area (Å²) in [4.78, 5) is 16.0. The van der Waals surface area contributed by atoms with Crippen molar-refractivity contribution in [2.45, 2.75) is 26.7 Å². The Labute approximate surface area is 133 Å². The summed E-state index contributed by atoms with van der Waals surface area (Å²) in [5.74, 6) is 1.08. The summed E-state index contributed by atoms with van der Waals surface area (Å²) in [5, 5.41) is 4.05. The number of aromatic nitrogens is 1. The normalized spacial score (nSPS) is 10.7.